The third-order valence-corrected chi connectivity index (χ3v) is 1.34. The summed E-state index contributed by atoms with van der Waals surface area (Å²) < 4.78 is 4.76. The third kappa shape index (κ3) is 4.47. The second-order valence-electron chi connectivity index (χ2n) is 2.55. The molecule has 50 valence electrons. The standard InChI is InChI=1S/C6H14OS/c1-5(2)4-6(3)7-8/h5-6,8H,4H2,1-3H3. The fourth-order valence-electron chi connectivity index (χ4n) is 0.707. The van der Waals surface area contributed by atoms with Crippen molar-refractivity contribution < 1.29 is 4.18 Å². The molecule has 0 saturated heterocycles. The highest BCUT2D eigenvalue weighted by molar-refractivity contribution is 7.75. The van der Waals surface area contributed by atoms with Crippen LogP contribution in [-0.2, 0) is 4.18 Å². The van der Waals surface area contributed by atoms with E-state index in [4.69, 9.17) is 4.18 Å². The molecule has 0 aromatic heterocycles. The summed E-state index contributed by atoms with van der Waals surface area (Å²) in [6.07, 6.45) is 1.38. The highest BCUT2D eigenvalue weighted by Crippen LogP contribution is 2.07. The van der Waals surface area contributed by atoms with Gasteiger partial charge in [-0.1, -0.05) is 13.8 Å². The van der Waals surface area contributed by atoms with Crippen LogP contribution in [0, 0.1) is 5.92 Å². The Morgan fingerprint density at radius 2 is 1.88 bits per heavy atom. The smallest absolute Gasteiger partial charge is 0.0693 e. The molecule has 0 rings (SSSR count). The summed E-state index contributed by atoms with van der Waals surface area (Å²) in [5.41, 5.74) is 0. The zero-order chi connectivity index (χ0) is 6.57. The molecule has 0 fully saturated rings. The van der Waals surface area contributed by atoms with Gasteiger partial charge >= 0.3 is 0 Å². The van der Waals surface area contributed by atoms with Crippen LogP contribution in [0.25, 0.3) is 0 Å². The predicted molar refractivity (Wildman–Crippen MR) is 39.0 cm³/mol. The van der Waals surface area contributed by atoms with E-state index in [0.29, 0.717) is 12.0 Å². The molecule has 0 saturated carbocycles. The molecule has 1 atom stereocenters. The van der Waals surface area contributed by atoms with E-state index in [1.807, 2.05) is 6.92 Å². The molecule has 0 N–H and O–H groups in total. The summed E-state index contributed by atoms with van der Waals surface area (Å²) in [6, 6.07) is 0. The lowest BCUT2D eigenvalue weighted by atomic mass is 10.1. The maximum absolute atomic E-state index is 4.76. The third-order valence-electron chi connectivity index (χ3n) is 0.983. The summed E-state index contributed by atoms with van der Waals surface area (Å²) >= 11 is 3.69. The van der Waals surface area contributed by atoms with E-state index in [-0.39, 0.29) is 0 Å². The van der Waals surface area contributed by atoms with Crippen LogP contribution in [0.3, 0.4) is 0 Å². The van der Waals surface area contributed by atoms with Crippen molar-refractivity contribution in [2.75, 3.05) is 0 Å². The molecule has 0 aliphatic heterocycles. The lowest BCUT2D eigenvalue weighted by molar-refractivity contribution is 0.234. The minimum atomic E-state index is 0.290. The van der Waals surface area contributed by atoms with E-state index in [1.165, 1.54) is 0 Å². The molecule has 0 aliphatic rings. The summed E-state index contributed by atoms with van der Waals surface area (Å²) in [7, 11) is 0. The maximum atomic E-state index is 4.76. The van der Waals surface area contributed by atoms with Gasteiger partial charge < -0.3 is 4.18 Å². The van der Waals surface area contributed by atoms with Gasteiger partial charge in [-0.3, -0.25) is 0 Å². The van der Waals surface area contributed by atoms with Crippen LogP contribution in [0.5, 0.6) is 0 Å². The van der Waals surface area contributed by atoms with Crippen molar-refractivity contribution in [1.82, 2.24) is 0 Å². The van der Waals surface area contributed by atoms with Crippen LogP contribution in [0.2, 0.25) is 0 Å². The number of rotatable bonds is 3. The maximum Gasteiger partial charge on any atom is 0.0693 e. The molecule has 0 bridgehead atoms. The van der Waals surface area contributed by atoms with E-state index in [1.54, 1.807) is 0 Å². The molecule has 0 radical (unpaired) electrons. The SMILES string of the molecule is CC(C)CC(C)OS. The van der Waals surface area contributed by atoms with Crippen LogP contribution < -0.4 is 0 Å². The Balaban J connectivity index is 3.10. The first kappa shape index (κ1) is 8.31. The van der Waals surface area contributed by atoms with Crippen molar-refractivity contribution in [3.63, 3.8) is 0 Å². The molecular formula is C6H14OS. The average Bonchev–Trinajstić information content (AvgIpc) is 1.65. The van der Waals surface area contributed by atoms with E-state index < -0.39 is 0 Å². The minimum Gasteiger partial charge on any atom is -0.316 e. The van der Waals surface area contributed by atoms with E-state index in [2.05, 4.69) is 26.8 Å². The van der Waals surface area contributed by atoms with Gasteiger partial charge in [-0.2, -0.15) is 0 Å². The van der Waals surface area contributed by atoms with Crippen molar-refractivity contribution in [1.29, 1.82) is 0 Å². The molecule has 0 aromatic carbocycles. The van der Waals surface area contributed by atoms with Crippen molar-refractivity contribution in [2.24, 2.45) is 5.92 Å². The van der Waals surface area contributed by atoms with Gasteiger partial charge in [0.2, 0.25) is 0 Å². The van der Waals surface area contributed by atoms with Crippen LogP contribution in [-0.4, -0.2) is 6.10 Å². The number of hydrogen-bond donors (Lipinski definition) is 1. The molecule has 8 heavy (non-hydrogen) atoms. The Kier molecular flexibility index (Phi) is 4.38. The summed E-state index contributed by atoms with van der Waals surface area (Å²) in [6.45, 7) is 6.36. The first-order chi connectivity index (χ1) is 3.66. The Bertz CT molecular complexity index is 54.5. The summed E-state index contributed by atoms with van der Waals surface area (Å²) in [4.78, 5) is 0. The quantitative estimate of drug-likeness (QED) is 0.460. The molecule has 1 nitrogen and oxygen atoms in total. The van der Waals surface area contributed by atoms with Crippen LogP contribution >= 0.6 is 12.9 Å². The normalized spacial score (nSPS) is 14.6. The number of hydrogen-bond acceptors (Lipinski definition) is 2. The predicted octanol–water partition coefficient (Wildman–Crippen LogP) is 2.28. The molecule has 0 amide bonds. The number of thiol groups is 1. The lowest BCUT2D eigenvalue weighted by Gasteiger charge is -2.09. The highest BCUT2D eigenvalue weighted by atomic mass is 32.1. The van der Waals surface area contributed by atoms with Crippen molar-refractivity contribution in [3.8, 4) is 0 Å². The van der Waals surface area contributed by atoms with Crippen LogP contribution in [0.4, 0.5) is 0 Å². The fourth-order valence-corrected chi connectivity index (χ4v) is 0.793. The van der Waals surface area contributed by atoms with Crippen LogP contribution in [0.1, 0.15) is 27.2 Å². The van der Waals surface area contributed by atoms with Gasteiger partial charge in [-0.15, -0.1) is 0 Å². The molecule has 1 unspecified atom stereocenters. The second kappa shape index (κ2) is 4.21. The largest absolute Gasteiger partial charge is 0.316 e. The Hall–Kier alpha value is 0.310. The molecule has 0 aliphatic carbocycles. The minimum absolute atomic E-state index is 0.290. The lowest BCUT2D eigenvalue weighted by Crippen LogP contribution is -2.05. The van der Waals surface area contributed by atoms with Gasteiger partial charge in [0.25, 0.3) is 0 Å². The monoisotopic (exact) mass is 134 g/mol. The molecule has 0 spiro atoms. The first-order valence-corrected chi connectivity index (χ1v) is 3.33. The average molecular weight is 134 g/mol. The molecule has 2 heteroatoms. The highest BCUT2D eigenvalue weighted by Gasteiger charge is 2.01. The van der Waals surface area contributed by atoms with E-state index in [9.17, 15) is 0 Å². The van der Waals surface area contributed by atoms with Gasteiger partial charge in [0.1, 0.15) is 0 Å². The van der Waals surface area contributed by atoms with E-state index in [0.717, 1.165) is 6.42 Å². The molecule has 0 aromatic rings. The summed E-state index contributed by atoms with van der Waals surface area (Å²) in [5, 5.41) is 0. The zero-order valence-corrected chi connectivity index (χ0v) is 6.61. The zero-order valence-electron chi connectivity index (χ0n) is 5.72. The Labute approximate surface area is 57.0 Å². The van der Waals surface area contributed by atoms with Gasteiger partial charge in [0, 0.05) is 0 Å². The van der Waals surface area contributed by atoms with Gasteiger partial charge in [-0.25, -0.2) is 0 Å². The molecule has 0 heterocycles. The second-order valence-corrected chi connectivity index (χ2v) is 2.76. The molecular weight excluding hydrogens is 120 g/mol. The van der Waals surface area contributed by atoms with Gasteiger partial charge in [0.15, 0.2) is 0 Å². The van der Waals surface area contributed by atoms with Gasteiger partial charge in [-0.05, 0) is 32.2 Å². The first-order valence-electron chi connectivity index (χ1n) is 2.97. The van der Waals surface area contributed by atoms with Crippen LogP contribution in [0.15, 0.2) is 0 Å². The Morgan fingerprint density at radius 3 is 2.00 bits per heavy atom. The van der Waals surface area contributed by atoms with E-state index >= 15 is 0 Å². The van der Waals surface area contributed by atoms with Gasteiger partial charge in [0.05, 0.1) is 6.10 Å². The van der Waals surface area contributed by atoms with Crippen molar-refractivity contribution >= 4 is 12.9 Å². The fraction of sp³-hybridized carbons (Fsp3) is 1.00. The summed E-state index contributed by atoms with van der Waals surface area (Å²) in [5.74, 6) is 0.706. The van der Waals surface area contributed by atoms with Crippen molar-refractivity contribution in [2.45, 2.75) is 33.3 Å². The topological polar surface area (TPSA) is 9.23 Å². The Morgan fingerprint density at radius 1 is 1.38 bits per heavy atom. The van der Waals surface area contributed by atoms with Crippen molar-refractivity contribution in [3.05, 3.63) is 0 Å².